The third-order valence-electron chi connectivity index (χ3n) is 3.90. The van der Waals surface area contributed by atoms with Crippen molar-refractivity contribution in [2.45, 2.75) is 51.0 Å². The van der Waals surface area contributed by atoms with Gasteiger partial charge in [-0.3, -0.25) is 9.10 Å². The molecule has 26 heavy (non-hydrogen) atoms. The summed E-state index contributed by atoms with van der Waals surface area (Å²) >= 11 is 0. The maximum Gasteiger partial charge on any atom is 0.359 e. The predicted octanol–water partition coefficient (Wildman–Crippen LogP) is 2.67. The Kier molecular flexibility index (Phi) is 6.07. The Balaban J connectivity index is 2.72. The lowest BCUT2D eigenvalue weighted by Gasteiger charge is -2.34. The van der Waals surface area contributed by atoms with Crippen LogP contribution in [-0.4, -0.2) is 37.8 Å². The lowest BCUT2D eigenvalue weighted by molar-refractivity contribution is -0.138. The Morgan fingerprint density at radius 3 is 2.42 bits per heavy atom. The van der Waals surface area contributed by atoms with E-state index < -0.39 is 28.0 Å². The van der Waals surface area contributed by atoms with Crippen molar-refractivity contribution in [3.8, 4) is 0 Å². The molecule has 142 valence electrons. The molecule has 1 aliphatic heterocycles. The van der Waals surface area contributed by atoms with Crippen molar-refractivity contribution in [3.63, 3.8) is 0 Å². The molecule has 1 aromatic rings. The van der Waals surface area contributed by atoms with Gasteiger partial charge in [0, 0.05) is 18.0 Å². The van der Waals surface area contributed by atoms with Crippen molar-refractivity contribution < 1.29 is 27.5 Å². The summed E-state index contributed by atoms with van der Waals surface area (Å²) in [5.74, 6) is -1.49. The van der Waals surface area contributed by atoms with Gasteiger partial charge in [-0.05, 0) is 32.4 Å². The summed E-state index contributed by atoms with van der Waals surface area (Å²) in [7, 11) is -2.84. The number of rotatable bonds is 6. The van der Waals surface area contributed by atoms with E-state index in [4.69, 9.17) is 9.47 Å². The van der Waals surface area contributed by atoms with Crippen LogP contribution in [0.5, 0.6) is 0 Å². The SMILES string of the molecule is CCCCC(=O)OC1=C(C(=O)OC)N(C(C)C)S(=O)(=O)c2ccccc21. The standard InChI is InChI=1S/C18H23NO6S/c1-5-6-11-15(20)25-17-13-9-7-8-10-14(13)26(22,23)19(12(2)3)16(17)18(21)24-4/h7-10,12H,5-6,11H2,1-4H3. The number of carbonyl (C=O) groups excluding carboxylic acids is 2. The van der Waals surface area contributed by atoms with Crippen LogP contribution in [0.25, 0.3) is 5.76 Å². The highest BCUT2D eigenvalue weighted by atomic mass is 32.2. The molecule has 0 atom stereocenters. The molecular weight excluding hydrogens is 358 g/mol. The molecule has 8 heteroatoms. The summed E-state index contributed by atoms with van der Waals surface area (Å²) in [6.45, 7) is 5.20. The number of esters is 2. The van der Waals surface area contributed by atoms with Crippen LogP contribution >= 0.6 is 0 Å². The second-order valence-electron chi connectivity index (χ2n) is 6.14. The van der Waals surface area contributed by atoms with Gasteiger partial charge in [0.1, 0.15) is 0 Å². The second kappa shape index (κ2) is 7.90. The highest BCUT2D eigenvalue weighted by Gasteiger charge is 2.43. The van der Waals surface area contributed by atoms with E-state index in [1.165, 1.54) is 12.1 Å². The van der Waals surface area contributed by atoms with Crippen LogP contribution in [0, 0.1) is 0 Å². The summed E-state index contributed by atoms with van der Waals surface area (Å²) in [4.78, 5) is 24.6. The van der Waals surface area contributed by atoms with E-state index in [1.54, 1.807) is 26.0 Å². The molecule has 0 radical (unpaired) electrons. The molecule has 0 saturated carbocycles. The lowest BCUT2D eigenvalue weighted by Crippen LogP contribution is -2.43. The molecule has 0 bridgehead atoms. The fourth-order valence-electron chi connectivity index (χ4n) is 2.74. The number of fused-ring (bicyclic) bond motifs is 1. The maximum atomic E-state index is 13.0. The number of hydrogen-bond acceptors (Lipinski definition) is 6. The van der Waals surface area contributed by atoms with Crippen LogP contribution in [0.3, 0.4) is 0 Å². The number of sulfonamides is 1. The minimum absolute atomic E-state index is 0.0142. The van der Waals surface area contributed by atoms with Gasteiger partial charge in [0.15, 0.2) is 11.5 Å². The zero-order chi connectivity index (χ0) is 19.5. The minimum Gasteiger partial charge on any atom is -0.464 e. The number of carbonyl (C=O) groups is 2. The zero-order valence-corrected chi connectivity index (χ0v) is 16.1. The highest BCUT2D eigenvalue weighted by Crippen LogP contribution is 2.39. The van der Waals surface area contributed by atoms with Gasteiger partial charge in [-0.2, -0.15) is 0 Å². The molecule has 0 spiro atoms. The maximum absolute atomic E-state index is 13.0. The lowest BCUT2D eigenvalue weighted by atomic mass is 10.1. The third-order valence-corrected chi connectivity index (χ3v) is 5.94. The smallest absolute Gasteiger partial charge is 0.359 e. The summed E-state index contributed by atoms with van der Waals surface area (Å²) in [5, 5.41) is 0. The number of methoxy groups -OCH3 is 1. The molecule has 2 rings (SSSR count). The Labute approximate surface area is 153 Å². The average molecular weight is 381 g/mol. The predicted molar refractivity (Wildman–Crippen MR) is 95.2 cm³/mol. The van der Waals surface area contributed by atoms with E-state index in [-0.39, 0.29) is 28.3 Å². The van der Waals surface area contributed by atoms with Gasteiger partial charge >= 0.3 is 11.9 Å². The Morgan fingerprint density at radius 1 is 1.19 bits per heavy atom. The topological polar surface area (TPSA) is 90.0 Å². The van der Waals surface area contributed by atoms with Crippen molar-refractivity contribution >= 4 is 27.7 Å². The fourth-order valence-corrected chi connectivity index (χ4v) is 4.59. The average Bonchev–Trinajstić information content (AvgIpc) is 2.60. The van der Waals surface area contributed by atoms with Crippen molar-refractivity contribution in [1.82, 2.24) is 4.31 Å². The molecule has 1 aliphatic rings. The van der Waals surface area contributed by atoms with E-state index in [0.29, 0.717) is 6.42 Å². The van der Waals surface area contributed by atoms with Crippen LogP contribution in [-0.2, 0) is 29.1 Å². The van der Waals surface area contributed by atoms with E-state index in [9.17, 15) is 18.0 Å². The molecule has 7 nitrogen and oxygen atoms in total. The molecule has 0 aliphatic carbocycles. The first-order valence-electron chi connectivity index (χ1n) is 8.42. The van der Waals surface area contributed by atoms with Gasteiger partial charge in [0.25, 0.3) is 10.0 Å². The summed E-state index contributed by atoms with van der Waals surface area (Å²) in [6.07, 6.45) is 1.61. The normalized spacial score (nSPS) is 15.7. The van der Waals surface area contributed by atoms with E-state index >= 15 is 0 Å². The molecule has 0 N–H and O–H groups in total. The van der Waals surface area contributed by atoms with Crippen LogP contribution in [0.15, 0.2) is 34.9 Å². The minimum atomic E-state index is -3.99. The van der Waals surface area contributed by atoms with Crippen LogP contribution in [0.2, 0.25) is 0 Å². The number of benzene rings is 1. The largest absolute Gasteiger partial charge is 0.464 e. The second-order valence-corrected chi connectivity index (χ2v) is 7.92. The molecule has 1 heterocycles. The van der Waals surface area contributed by atoms with Crippen LogP contribution in [0.1, 0.15) is 45.6 Å². The molecule has 1 aromatic carbocycles. The van der Waals surface area contributed by atoms with Crippen molar-refractivity contribution in [2.24, 2.45) is 0 Å². The van der Waals surface area contributed by atoms with Gasteiger partial charge in [-0.15, -0.1) is 0 Å². The number of unbranched alkanes of at least 4 members (excludes halogenated alkanes) is 1. The first-order valence-corrected chi connectivity index (χ1v) is 9.86. The molecule has 0 fully saturated rings. The Hall–Kier alpha value is -2.35. The summed E-state index contributed by atoms with van der Waals surface area (Å²) < 4.78 is 37.2. The van der Waals surface area contributed by atoms with Crippen LogP contribution < -0.4 is 0 Å². The molecule has 0 amide bonds. The van der Waals surface area contributed by atoms with Gasteiger partial charge < -0.3 is 9.47 Å². The van der Waals surface area contributed by atoms with Crippen LogP contribution in [0.4, 0.5) is 0 Å². The molecular formula is C18H23NO6S. The van der Waals surface area contributed by atoms with Crippen molar-refractivity contribution in [3.05, 3.63) is 35.5 Å². The number of nitrogens with zero attached hydrogens (tertiary/aromatic N) is 1. The molecule has 0 unspecified atom stereocenters. The first kappa shape index (κ1) is 20.0. The van der Waals surface area contributed by atoms with E-state index in [1.807, 2.05) is 6.92 Å². The van der Waals surface area contributed by atoms with Gasteiger partial charge in [-0.25, -0.2) is 13.2 Å². The highest BCUT2D eigenvalue weighted by molar-refractivity contribution is 7.89. The van der Waals surface area contributed by atoms with Gasteiger partial charge in [0.05, 0.1) is 12.0 Å². The zero-order valence-electron chi connectivity index (χ0n) is 15.3. The van der Waals surface area contributed by atoms with Gasteiger partial charge in [-0.1, -0.05) is 25.5 Å². The van der Waals surface area contributed by atoms with Crippen molar-refractivity contribution in [1.29, 1.82) is 0 Å². The van der Waals surface area contributed by atoms with E-state index in [2.05, 4.69) is 0 Å². The molecule has 0 saturated heterocycles. The molecule has 0 aromatic heterocycles. The van der Waals surface area contributed by atoms with Gasteiger partial charge in [0.2, 0.25) is 0 Å². The fraction of sp³-hybridized carbons (Fsp3) is 0.444. The third kappa shape index (κ3) is 3.60. The monoisotopic (exact) mass is 381 g/mol. The quantitative estimate of drug-likeness (QED) is 0.704. The first-order chi connectivity index (χ1) is 12.3. The van der Waals surface area contributed by atoms with E-state index in [0.717, 1.165) is 17.8 Å². The van der Waals surface area contributed by atoms with Crippen molar-refractivity contribution in [2.75, 3.05) is 7.11 Å². The summed E-state index contributed by atoms with van der Waals surface area (Å²) in [6, 6.07) is 5.55. The number of hydrogen-bond donors (Lipinski definition) is 0. The number of ether oxygens (including phenoxy) is 2. The Bertz CT molecular complexity index is 841. The summed E-state index contributed by atoms with van der Waals surface area (Å²) in [5.41, 5.74) is -0.110. The Morgan fingerprint density at radius 2 is 1.85 bits per heavy atom.